The van der Waals surface area contributed by atoms with Crippen LogP contribution in [0.5, 0.6) is 0 Å². The zero-order valence-corrected chi connectivity index (χ0v) is 14.3. The smallest absolute Gasteiger partial charge is 0.272 e. The molecule has 3 rings (SSSR count). The van der Waals surface area contributed by atoms with E-state index in [1.807, 2.05) is 6.07 Å². The van der Waals surface area contributed by atoms with Crippen molar-refractivity contribution in [3.05, 3.63) is 62.9 Å². The van der Waals surface area contributed by atoms with Crippen LogP contribution in [0.4, 0.5) is 0 Å². The van der Waals surface area contributed by atoms with E-state index in [4.69, 9.17) is 39.5 Å². The second-order valence-corrected chi connectivity index (χ2v) is 6.40. The van der Waals surface area contributed by atoms with Gasteiger partial charge in [-0.05, 0) is 29.8 Å². The molecule has 0 N–H and O–H groups in total. The van der Waals surface area contributed by atoms with Crippen molar-refractivity contribution in [3.8, 4) is 0 Å². The Bertz CT molecular complexity index is 722. The Kier molecular flexibility index (Phi) is 5.07. The maximum atomic E-state index is 12.5. The average molecular weight is 372 g/mol. The van der Waals surface area contributed by atoms with E-state index in [2.05, 4.69) is 4.98 Å². The van der Waals surface area contributed by atoms with Crippen molar-refractivity contribution in [3.63, 3.8) is 0 Å². The van der Waals surface area contributed by atoms with E-state index >= 15 is 0 Å². The predicted molar refractivity (Wildman–Crippen MR) is 90.3 cm³/mol. The first-order valence-electron chi connectivity index (χ1n) is 7.02. The molecule has 0 saturated carbocycles. The number of rotatable bonds is 2. The van der Waals surface area contributed by atoms with Gasteiger partial charge in [-0.3, -0.25) is 4.79 Å². The van der Waals surface area contributed by atoms with Gasteiger partial charge in [-0.1, -0.05) is 40.9 Å². The fourth-order valence-electron chi connectivity index (χ4n) is 2.41. The number of nitrogens with zero attached hydrogens (tertiary/aromatic N) is 2. The molecule has 2 aromatic rings. The Morgan fingerprint density at radius 1 is 1.17 bits per heavy atom. The number of ether oxygens (including phenoxy) is 1. The molecule has 1 amide bonds. The molecule has 1 saturated heterocycles. The highest BCUT2D eigenvalue weighted by atomic mass is 35.5. The fraction of sp³-hybridized carbons (Fsp3) is 0.250. The fourth-order valence-corrected chi connectivity index (χ4v) is 2.83. The SMILES string of the molecule is O=C(c1ccc(Cl)cn1)N1CCO[C@H](c2ccc(Cl)c(Cl)c2)C1. The molecule has 0 radical (unpaired) electrons. The van der Waals surface area contributed by atoms with E-state index in [1.165, 1.54) is 6.20 Å². The Labute approximate surface area is 148 Å². The lowest BCUT2D eigenvalue weighted by Gasteiger charge is -2.33. The van der Waals surface area contributed by atoms with Gasteiger partial charge in [0, 0.05) is 12.7 Å². The number of hydrogen-bond donors (Lipinski definition) is 0. The number of benzene rings is 1. The summed E-state index contributed by atoms with van der Waals surface area (Å²) in [5.74, 6) is -0.143. The largest absolute Gasteiger partial charge is 0.370 e. The summed E-state index contributed by atoms with van der Waals surface area (Å²) >= 11 is 17.8. The van der Waals surface area contributed by atoms with Gasteiger partial charge in [-0.2, -0.15) is 0 Å². The van der Waals surface area contributed by atoms with Crippen LogP contribution in [0.25, 0.3) is 0 Å². The van der Waals surface area contributed by atoms with E-state index in [-0.39, 0.29) is 12.0 Å². The highest BCUT2D eigenvalue weighted by Gasteiger charge is 2.27. The molecular formula is C16H13Cl3N2O2. The zero-order chi connectivity index (χ0) is 16.4. The lowest BCUT2D eigenvalue weighted by Crippen LogP contribution is -2.42. The molecule has 1 atom stereocenters. The summed E-state index contributed by atoms with van der Waals surface area (Å²) in [4.78, 5) is 18.3. The third-order valence-corrected chi connectivity index (χ3v) is 4.58. The van der Waals surface area contributed by atoms with Crippen molar-refractivity contribution in [2.45, 2.75) is 6.10 Å². The first-order valence-corrected chi connectivity index (χ1v) is 8.15. The molecule has 4 nitrogen and oxygen atoms in total. The molecule has 0 spiro atoms. The van der Waals surface area contributed by atoms with Crippen LogP contribution in [0.1, 0.15) is 22.2 Å². The number of morpholine rings is 1. The second kappa shape index (κ2) is 7.05. The quantitative estimate of drug-likeness (QED) is 0.792. The summed E-state index contributed by atoms with van der Waals surface area (Å²) in [6, 6.07) is 8.62. The highest BCUT2D eigenvalue weighted by molar-refractivity contribution is 6.42. The van der Waals surface area contributed by atoms with E-state index in [0.717, 1.165) is 5.56 Å². The summed E-state index contributed by atoms with van der Waals surface area (Å²) in [5.41, 5.74) is 1.25. The van der Waals surface area contributed by atoms with Crippen LogP contribution in [0.3, 0.4) is 0 Å². The monoisotopic (exact) mass is 370 g/mol. The van der Waals surface area contributed by atoms with Gasteiger partial charge < -0.3 is 9.64 Å². The number of hydrogen-bond acceptors (Lipinski definition) is 3. The summed E-state index contributed by atoms with van der Waals surface area (Å²) in [5, 5.41) is 1.46. The Morgan fingerprint density at radius 2 is 2.00 bits per heavy atom. The standard InChI is InChI=1S/C16H13Cl3N2O2/c17-11-2-4-14(20-8-11)16(22)21-5-6-23-15(9-21)10-1-3-12(18)13(19)7-10/h1-4,7-8,15H,5-6,9H2/t15-/m0/s1. The molecule has 1 aromatic carbocycles. The zero-order valence-electron chi connectivity index (χ0n) is 12.0. The third kappa shape index (κ3) is 3.78. The number of pyridine rings is 1. The van der Waals surface area contributed by atoms with Crippen molar-refractivity contribution in [2.24, 2.45) is 0 Å². The van der Waals surface area contributed by atoms with Crippen molar-refractivity contribution >= 4 is 40.7 Å². The Balaban J connectivity index is 1.76. The van der Waals surface area contributed by atoms with Crippen LogP contribution in [0.15, 0.2) is 36.5 Å². The summed E-state index contributed by atoms with van der Waals surface area (Å²) < 4.78 is 5.76. The second-order valence-electron chi connectivity index (χ2n) is 5.15. The minimum atomic E-state index is -0.241. The van der Waals surface area contributed by atoms with Gasteiger partial charge in [0.15, 0.2) is 0 Å². The summed E-state index contributed by atoms with van der Waals surface area (Å²) in [6.45, 7) is 1.40. The minimum Gasteiger partial charge on any atom is -0.370 e. The van der Waals surface area contributed by atoms with Crippen LogP contribution in [0.2, 0.25) is 15.1 Å². The molecule has 23 heavy (non-hydrogen) atoms. The van der Waals surface area contributed by atoms with Gasteiger partial charge in [0.1, 0.15) is 11.8 Å². The topological polar surface area (TPSA) is 42.4 Å². The average Bonchev–Trinajstić information content (AvgIpc) is 2.57. The van der Waals surface area contributed by atoms with Crippen molar-refractivity contribution in [1.82, 2.24) is 9.88 Å². The molecule has 0 bridgehead atoms. The molecule has 7 heteroatoms. The van der Waals surface area contributed by atoms with Gasteiger partial charge in [0.05, 0.1) is 28.2 Å². The number of amides is 1. The summed E-state index contributed by atoms with van der Waals surface area (Å²) in [6.07, 6.45) is 1.22. The molecule has 1 aliphatic heterocycles. The van der Waals surface area contributed by atoms with Crippen molar-refractivity contribution < 1.29 is 9.53 Å². The third-order valence-electron chi connectivity index (χ3n) is 3.62. The molecule has 1 aromatic heterocycles. The maximum Gasteiger partial charge on any atom is 0.272 e. The Morgan fingerprint density at radius 3 is 2.70 bits per heavy atom. The normalized spacial score (nSPS) is 18.0. The molecule has 2 heterocycles. The first kappa shape index (κ1) is 16.5. The molecular weight excluding hydrogens is 359 g/mol. The van der Waals surface area contributed by atoms with Gasteiger partial charge in [0.25, 0.3) is 5.91 Å². The number of aromatic nitrogens is 1. The van der Waals surface area contributed by atoms with Crippen LogP contribution in [0, 0.1) is 0 Å². The van der Waals surface area contributed by atoms with Gasteiger partial charge in [0.2, 0.25) is 0 Å². The predicted octanol–water partition coefficient (Wildman–Crippen LogP) is 4.26. The first-order chi connectivity index (χ1) is 11.0. The lowest BCUT2D eigenvalue weighted by atomic mass is 10.1. The summed E-state index contributed by atoms with van der Waals surface area (Å²) in [7, 11) is 0. The lowest BCUT2D eigenvalue weighted by molar-refractivity contribution is -0.0230. The maximum absolute atomic E-state index is 12.5. The van der Waals surface area contributed by atoms with Crippen LogP contribution in [-0.2, 0) is 4.74 Å². The van der Waals surface area contributed by atoms with Crippen LogP contribution < -0.4 is 0 Å². The van der Waals surface area contributed by atoms with E-state index in [1.54, 1.807) is 29.2 Å². The van der Waals surface area contributed by atoms with Crippen molar-refractivity contribution in [2.75, 3.05) is 19.7 Å². The number of halogens is 3. The van der Waals surface area contributed by atoms with E-state index in [0.29, 0.717) is 40.5 Å². The van der Waals surface area contributed by atoms with Crippen LogP contribution >= 0.6 is 34.8 Å². The van der Waals surface area contributed by atoms with Gasteiger partial charge in [-0.25, -0.2) is 4.98 Å². The van der Waals surface area contributed by atoms with E-state index < -0.39 is 0 Å². The minimum absolute atomic E-state index is 0.143. The highest BCUT2D eigenvalue weighted by Crippen LogP contribution is 2.29. The molecule has 1 aliphatic rings. The van der Waals surface area contributed by atoms with Gasteiger partial charge in [-0.15, -0.1) is 0 Å². The molecule has 120 valence electrons. The van der Waals surface area contributed by atoms with Crippen LogP contribution in [-0.4, -0.2) is 35.5 Å². The molecule has 1 fully saturated rings. The molecule has 0 aliphatic carbocycles. The number of carbonyl (C=O) groups is 1. The van der Waals surface area contributed by atoms with E-state index in [9.17, 15) is 4.79 Å². The Hall–Kier alpha value is -1.33. The van der Waals surface area contributed by atoms with Crippen molar-refractivity contribution in [1.29, 1.82) is 0 Å². The van der Waals surface area contributed by atoms with Gasteiger partial charge >= 0.3 is 0 Å². The number of carbonyl (C=O) groups excluding carboxylic acids is 1. The molecule has 0 unspecified atom stereocenters.